The molecular formula is C22H33FN4O4S. The molecule has 1 aromatic rings. The van der Waals surface area contributed by atoms with Gasteiger partial charge in [0.05, 0.1) is 17.4 Å². The van der Waals surface area contributed by atoms with Gasteiger partial charge in [0.1, 0.15) is 5.82 Å². The molecule has 8 nitrogen and oxygen atoms in total. The quantitative estimate of drug-likeness (QED) is 0.581. The molecule has 2 aliphatic heterocycles. The maximum Gasteiger partial charge on any atom is 0.243 e. The molecule has 2 heterocycles. The first-order valence-corrected chi connectivity index (χ1v) is 12.8. The van der Waals surface area contributed by atoms with Crippen LogP contribution in [-0.4, -0.2) is 86.7 Å². The number of carbonyl (C=O) groups is 2. The zero-order valence-electron chi connectivity index (χ0n) is 18.6. The molecule has 0 bridgehead atoms. The number of likely N-dealkylation sites (tertiary alicyclic amines) is 1. The minimum absolute atomic E-state index is 0.0557. The minimum Gasteiger partial charge on any atom is -0.356 e. The number of hydrogen-bond acceptors (Lipinski definition) is 5. The summed E-state index contributed by atoms with van der Waals surface area (Å²) in [5.41, 5.74) is 0. The van der Waals surface area contributed by atoms with E-state index in [2.05, 4.69) is 12.2 Å². The number of piperidine rings is 1. The van der Waals surface area contributed by atoms with Gasteiger partial charge < -0.3 is 10.2 Å². The maximum atomic E-state index is 13.4. The average molecular weight is 469 g/mol. The first-order valence-electron chi connectivity index (χ1n) is 11.3. The van der Waals surface area contributed by atoms with E-state index in [0.717, 1.165) is 38.3 Å². The Labute approximate surface area is 189 Å². The van der Waals surface area contributed by atoms with E-state index in [1.54, 1.807) is 4.90 Å². The Morgan fingerprint density at radius 2 is 1.91 bits per heavy atom. The van der Waals surface area contributed by atoms with Crippen molar-refractivity contribution in [3.63, 3.8) is 0 Å². The van der Waals surface area contributed by atoms with Gasteiger partial charge in [0, 0.05) is 39.3 Å². The Hall–Kier alpha value is -2.04. The van der Waals surface area contributed by atoms with Gasteiger partial charge in [-0.3, -0.25) is 14.5 Å². The van der Waals surface area contributed by atoms with Crippen molar-refractivity contribution in [2.24, 2.45) is 5.92 Å². The molecule has 1 N–H and O–H groups in total. The second-order valence-electron chi connectivity index (χ2n) is 8.46. The number of carbonyl (C=O) groups excluding carboxylic acids is 2. The molecule has 0 aliphatic carbocycles. The Balaban J connectivity index is 1.48. The molecule has 1 aromatic carbocycles. The zero-order chi connectivity index (χ0) is 23.1. The van der Waals surface area contributed by atoms with Crippen molar-refractivity contribution in [1.82, 2.24) is 19.4 Å². The monoisotopic (exact) mass is 468 g/mol. The fourth-order valence-electron chi connectivity index (χ4n) is 4.19. The summed E-state index contributed by atoms with van der Waals surface area (Å²) >= 11 is 0. The molecule has 0 saturated carbocycles. The summed E-state index contributed by atoms with van der Waals surface area (Å²) in [6, 6.07) is 4.96. The number of rotatable bonds is 8. The topological polar surface area (TPSA) is 90.0 Å². The van der Waals surface area contributed by atoms with E-state index in [4.69, 9.17) is 0 Å². The van der Waals surface area contributed by atoms with Gasteiger partial charge in [-0.25, -0.2) is 12.8 Å². The fraction of sp³-hybridized carbons (Fsp3) is 0.636. The van der Waals surface area contributed by atoms with E-state index in [1.807, 2.05) is 4.90 Å². The summed E-state index contributed by atoms with van der Waals surface area (Å²) in [6.45, 7) is 5.28. The predicted octanol–water partition coefficient (Wildman–Crippen LogP) is 1.29. The van der Waals surface area contributed by atoms with Crippen molar-refractivity contribution in [3.05, 3.63) is 30.1 Å². The van der Waals surface area contributed by atoms with Crippen LogP contribution in [0.2, 0.25) is 0 Å². The molecule has 2 fully saturated rings. The lowest BCUT2D eigenvalue weighted by Crippen LogP contribution is -2.53. The van der Waals surface area contributed by atoms with E-state index >= 15 is 0 Å². The summed E-state index contributed by atoms with van der Waals surface area (Å²) in [5.74, 6) is -0.688. The van der Waals surface area contributed by atoms with Gasteiger partial charge in [0.15, 0.2) is 0 Å². The molecule has 2 saturated heterocycles. The SMILES string of the molecule is CCCCNC(=O)C1CCCN(CC(=O)N2CCN(S(=O)(=O)c3cccc(F)c3)CC2)C1. The van der Waals surface area contributed by atoms with E-state index in [1.165, 1.54) is 22.5 Å². The summed E-state index contributed by atoms with van der Waals surface area (Å²) in [7, 11) is -3.79. The molecule has 2 amide bonds. The maximum absolute atomic E-state index is 13.4. The molecule has 10 heteroatoms. The number of hydrogen-bond donors (Lipinski definition) is 1. The predicted molar refractivity (Wildman–Crippen MR) is 119 cm³/mol. The lowest BCUT2D eigenvalue weighted by atomic mass is 9.97. The summed E-state index contributed by atoms with van der Waals surface area (Å²) in [6.07, 6.45) is 3.70. The molecule has 0 aromatic heterocycles. The average Bonchev–Trinajstić information content (AvgIpc) is 2.79. The van der Waals surface area contributed by atoms with Crippen LogP contribution in [0, 0.1) is 11.7 Å². The van der Waals surface area contributed by atoms with E-state index < -0.39 is 15.8 Å². The molecule has 3 rings (SSSR count). The highest BCUT2D eigenvalue weighted by atomic mass is 32.2. The summed E-state index contributed by atoms with van der Waals surface area (Å²) in [4.78, 5) is 28.8. The molecule has 1 atom stereocenters. The standard InChI is InChI=1S/C22H33FN4O4S/c1-2-3-9-24-22(29)18-6-5-10-25(16-18)17-21(28)26-11-13-27(14-12-26)32(30,31)20-8-4-7-19(23)15-20/h4,7-8,15,18H,2-3,5-6,9-14,16-17H2,1H3,(H,24,29). The van der Waals surface area contributed by atoms with Crippen LogP contribution < -0.4 is 5.32 Å². The third kappa shape index (κ3) is 6.26. The molecule has 2 aliphatic rings. The fourth-order valence-corrected chi connectivity index (χ4v) is 5.65. The third-order valence-electron chi connectivity index (χ3n) is 6.09. The Kier molecular flexibility index (Phi) is 8.61. The molecule has 1 unspecified atom stereocenters. The normalized spacial score (nSPS) is 20.8. The number of unbranched alkanes of at least 4 members (excludes halogenated alkanes) is 1. The number of halogens is 1. The lowest BCUT2D eigenvalue weighted by molar-refractivity contribution is -0.135. The van der Waals surface area contributed by atoms with Crippen LogP contribution in [0.1, 0.15) is 32.6 Å². The van der Waals surface area contributed by atoms with Gasteiger partial charge in [0.2, 0.25) is 21.8 Å². The summed E-state index contributed by atoms with van der Waals surface area (Å²) < 4.78 is 40.2. The van der Waals surface area contributed by atoms with Gasteiger partial charge in [0.25, 0.3) is 0 Å². The van der Waals surface area contributed by atoms with Crippen molar-refractivity contribution in [2.75, 3.05) is 52.4 Å². The number of amides is 2. The minimum atomic E-state index is -3.79. The van der Waals surface area contributed by atoms with Gasteiger partial charge in [-0.2, -0.15) is 4.31 Å². The number of benzene rings is 1. The van der Waals surface area contributed by atoms with Gasteiger partial charge in [-0.05, 0) is 44.0 Å². The van der Waals surface area contributed by atoms with E-state index in [0.29, 0.717) is 26.2 Å². The highest BCUT2D eigenvalue weighted by molar-refractivity contribution is 7.89. The van der Waals surface area contributed by atoms with Crippen molar-refractivity contribution in [2.45, 2.75) is 37.5 Å². The van der Waals surface area contributed by atoms with Gasteiger partial charge >= 0.3 is 0 Å². The van der Waals surface area contributed by atoms with Crippen LogP contribution in [0.25, 0.3) is 0 Å². The van der Waals surface area contributed by atoms with Gasteiger partial charge in [-0.15, -0.1) is 0 Å². The highest BCUT2D eigenvalue weighted by Gasteiger charge is 2.32. The van der Waals surface area contributed by atoms with Crippen molar-refractivity contribution >= 4 is 21.8 Å². The summed E-state index contributed by atoms with van der Waals surface area (Å²) in [5, 5.41) is 2.98. The number of sulfonamides is 1. The first kappa shape index (κ1) is 24.6. The molecule has 0 spiro atoms. The molecule has 32 heavy (non-hydrogen) atoms. The molecule has 178 valence electrons. The second kappa shape index (κ2) is 11.2. The van der Waals surface area contributed by atoms with Crippen molar-refractivity contribution in [3.8, 4) is 0 Å². The largest absolute Gasteiger partial charge is 0.356 e. The zero-order valence-corrected chi connectivity index (χ0v) is 19.4. The highest BCUT2D eigenvalue weighted by Crippen LogP contribution is 2.20. The number of nitrogens with one attached hydrogen (secondary N) is 1. The van der Waals surface area contributed by atoms with Gasteiger partial charge in [-0.1, -0.05) is 19.4 Å². The number of piperazine rings is 1. The second-order valence-corrected chi connectivity index (χ2v) is 10.4. The molecular weight excluding hydrogens is 435 g/mol. The van der Waals surface area contributed by atoms with Crippen LogP contribution in [0.3, 0.4) is 0 Å². The van der Waals surface area contributed by atoms with E-state index in [9.17, 15) is 22.4 Å². The Morgan fingerprint density at radius 3 is 2.59 bits per heavy atom. The lowest BCUT2D eigenvalue weighted by Gasteiger charge is -2.36. The third-order valence-corrected chi connectivity index (χ3v) is 7.98. The molecule has 0 radical (unpaired) electrons. The van der Waals surface area contributed by atoms with E-state index in [-0.39, 0.29) is 42.3 Å². The number of nitrogens with zero attached hydrogens (tertiary/aromatic N) is 3. The van der Waals surface area contributed by atoms with Crippen LogP contribution in [0.15, 0.2) is 29.2 Å². The van der Waals surface area contributed by atoms with Crippen LogP contribution in [0.5, 0.6) is 0 Å². The Morgan fingerprint density at radius 1 is 1.16 bits per heavy atom. The Bertz CT molecular complexity index is 903. The smallest absolute Gasteiger partial charge is 0.243 e. The van der Waals surface area contributed by atoms with Crippen LogP contribution in [-0.2, 0) is 19.6 Å². The van der Waals surface area contributed by atoms with Crippen LogP contribution in [0.4, 0.5) is 4.39 Å². The van der Waals surface area contributed by atoms with Crippen molar-refractivity contribution in [1.29, 1.82) is 0 Å². The van der Waals surface area contributed by atoms with Crippen LogP contribution >= 0.6 is 0 Å². The first-order chi connectivity index (χ1) is 15.3. The van der Waals surface area contributed by atoms with Crippen molar-refractivity contribution < 1.29 is 22.4 Å².